The Bertz CT molecular complexity index is 757. The molecule has 25 heavy (non-hydrogen) atoms. The van der Waals surface area contributed by atoms with E-state index in [1.54, 1.807) is 11.9 Å². The summed E-state index contributed by atoms with van der Waals surface area (Å²) in [7, 11) is 1.80. The number of carbonyl (C=O) groups is 1. The molecule has 0 N–H and O–H groups in total. The summed E-state index contributed by atoms with van der Waals surface area (Å²) in [5.41, 5.74) is 5.59. The molecule has 0 aliphatic heterocycles. The van der Waals surface area contributed by atoms with Crippen LogP contribution in [0.1, 0.15) is 43.0 Å². The molecule has 0 unspecified atom stereocenters. The number of aryl methyl sites for hydroxylation is 4. The van der Waals surface area contributed by atoms with E-state index >= 15 is 0 Å². The molecule has 2 aromatic carbocycles. The van der Waals surface area contributed by atoms with Gasteiger partial charge in [-0.15, -0.1) is 0 Å². The highest BCUT2D eigenvalue weighted by atomic mass is 16.6. The summed E-state index contributed by atoms with van der Waals surface area (Å²) in [6, 6.07) is 15.4. The van der Waals surface area contributed by atoms with E-state index in [-0.39, 0.29) is 6.09 Å². The number of hydrogen-bond acceptors (Lipinski definition) is 2. The summed E-state index contributed by atoms with van der Waals surface area (Å²) in [6.45, 7) is 5.68. The zero-order valence-electron chi connectivity index (χ0n) is 15.6. The molecule has 0 aromatic heterocycles. The van der Waals surface area contributed by atoms with Gasteiger partial charge in [0.05, 0.1) is 5.69 Å². The fourth-order valence-corrected chi connectivity index (χ4v) is 3.16. The number of anilines is 1. The van der Waals surface area contributed by atoms with Gasteiger partial charge in [0.25, 0.3) is 0 Å². The van der Waals surface area contributed by atoms with E-state index in [1.165, 1.54) is 22.3 Å². The Hall–Kier alpha value is -2.29. The topological polar surface area (TPSA) is 29.5 Å². The van der Waals surface area contributed by atoms with Gasteiger partial charge in [0, 0.05) is 7.05 Å². The number of hydrogen-bond donors (Lipinski definition) is 0. The van der Waals surface area contributed by atoms with Crippen LogP contribution in [0.2, 0.25) is 0 Å². The quantitative estimate of drug-likeness (QED) is 0.737. The number of ether oxygens (including phenoxy) is 1. The lowest BCUT2D eigenvalue weighted by atomic mass is 9.95. The first-order valence-electron chi connectivity index (χ1n) is 8.98. The smallest absolute Gasteiger partial charge is 0.414 e. The van der Waals surface area contributed by atoms with Crippen molar-refractivity contribution in [3.63, 3.8) is 0 Å². The Balaban J connectivity index is 1.91. The van der Waals surface area contributed by atoms with Crippen molar-refractivity contribution in [2.24, 2.45) is 0 Å². The molecule has 132 valence electrons. The summed E-state index contributed by atoms with van der Waals surface area (Å²) in [5, 5.41) is 0. The van der Waals surface area contributed by atoms with Crippen LogP contribution in [-0.4, -0.2) is 18.7 Å². The van der Waals surface area contributed by atoms with Gasteiger partial charge >= 0.3 is 6.09 Å². The summed E-state index contributed by atoms with van der Waals surface area (Å²) >= 11 is 0. The van der Waals surface area contributed by atoms with E-state index in [4.69, 9.17) is 4.74 Å². The Morgan fingerprint density at radius 3 is 2.00 bits per heavy atom. The highest BCUT2D eigenvalue weighted by Crippen LogP contribution is 2.26. The molecule has 1 amide bonds. The van der Waals surface area contributed by atoms with Crippen molar-refractivity contribution < 1.29 is 9.53 Å². The number of carbonyl (C=O) groups excluding carboxylic acids is 1. The Morgan fingerprint density at radius 2 is 1.40 bits per heavy atom. The average Bonchev–Trinajstić information content (AvgIpc) is 2.55. The number of nitrogens with zero attached hydrogens (tertiary/aromatic N) is 1. The second kappa shape index (κ2) is 6.91. The lowest BCUT2D eigenvalue weighted by Gasteiger charge is -2.26. The van der Waals surface area contributed by atoms with Gasteiger partial charge in [-0.05, 0) is 74.8 Å². The van der Waals surface area contributed by atoms with Crippen molar-refractivity contribution >= 4 is 11.8 Å². The van der Waals surface area contributed by atoms with Gasteiger partial charge in [0.2, 0.25) is 0 Å². The molecule has 3 heteroatoms. The SMILES string of the molecule is CN(C(=O)OC(C)(C)C)c1cc2ccc1CCc1ccc(cc1)CC2. The van der Waals surface area contributed by atoms with Gasteiger partial charge in [-0.2, -0.15) is 0 Å². The molecular weight excluding hydrogens is 310 g/mol. The molecule has 0 saturated carbocycles. The van der Waals surface area contributed by atoms with Crippen LogP contribution >= 0.6 is 0 Å². The van der Waals surface area contributed by atoms with Gasteiger partial charge in [0.15, 0.2) is 0 Å². The summed E-state index contributed by atoms with van der Waals surface area (Å²) in [6.07, 6.45) is 3.54. The van der Waals surface area contributed by atoms with Crippen molar-refractivity contribution in [3.05, 3.63) is 64.7 Å². The predicted molar refractivity (Wildman–Crippen MR) is 102 cm³/mol. The maximum Gasteiger partial charge on any atom is 0.414 e. The van der Waals surface area contributed by atoms with Gasteiger partial charge < -0.3 is 4.74 Å². The van der Waals surface area contributed by atoms with Crippen LogP contribution in [0.4, 0.5) is 10.5 Å². The van der Waals surface area contributed by atoms with Crippen LogP contribution < -0.4 is 4.90 Å². The van der Waals surface area contributed by atoms with Gasteiger partial charge in [-0.1, -0.05) is 36.4 Å². The summed E-state index contributed by atoms with van der Waals surface area (Å²) in [4.78, 5) is 14.2. The lowest BCUT2D eigenvalue weighted by Crippen LogP contribution is -2.34. The second-order valence-corrected chi connectivity index (χ2v) is 7.82. The van der Waals surface area contributed by atoms with Crippen LogP contribution in [-0.2, 0) is 30.4 Å². The van der Waals surface area contributed by atoms with E-state index in [2.05, 4.69) is 42.5 Å². The van der Waals surface area contributed by atoms with E-state index in [0.717, 1.165) is 31.4 Å². The summed E-state index contributed by atoms with van der Waals surface area (Å²) < 4.78 is 5.55. The third-order valence-electron chi connectivity index (χ3n) is 4.59. The molecule has 0 fully saturated rings. The van der Waals surface area contributed by atoms with Gasteiger partial charge in [-0.3, -0.25) is 4.90 Å². The normalized spacial score (nSPS) is 13.9. The molecule has 0 spiro atoms. The molecule has 4 aliphatic rings. The van der Waals surface area contributed by atoms with Crippen LogP contribution in [0.15, 0.2) is 42.5 Å². The summed E-state index contributed by atoms with van der Waals surface area (Å²) in [5.74, 6) is 0. The fourth-order valence-electron chi connectivity index (χ4n) is 3.16. The second-order valence-electron chi connectivity index (χ2n) is 7.82. The van der Waals surface area contributed by atoms with E-state index in [9.17, 15) is 4.79 Å². The Morgan fingerprint density at radius 1 is 0.880 bits per heavy atom. The molecule has 4 aliphatic carbocycles. The maximum absolute atomic E-state index is 12.5. The van der Waals surface area contributed by atoms with Crippen LogP contribution in [0, 0.1) is 0 Å². The Kier molecular flexibility index (Phi) is 4.85. The maximum atomic E-state index is 12.5. The number of benzene rings is 2. The van der Waals surface area contributed by atoms with Crippen molar-refractivity contribution in [1.29, 1.82) is 0 Å². The largest absolute Gasteiger partial charge is 0.443 e. The molecule has 0 atom stereocenters. The third kappa shape index (κ3) is 4.41. The highest BCUT2D eigenvalue weighted by molar-refractivity contribution is 5.88. The first-order valence-corrected chi connectivity index (χ1v) is 8.98. The zero-order chi connectivity index (χ0) is 18.0. The van der Waals surface area contributed by atoms with Crippen LogP contribution in [0.5, 0.6) is 0 Å². The van der Waals surface area contributed by atoms with Crippen molar-refractivity contribution in [2.75, 3.05) is 11.9 Å². The standard InChI is InChI=1S/C22H27NO2/c1-22(2,3)25-21(24)23(4)20-15-18-10-9-16-5-7-17(8-6-16)11-13-19(20)14-12-18/h5-8,12,14-15H,9-11,13H2,1-4H3. The minimum Gasteiger partial charge on any atom is -0.443 e. The van der Waals surface area contributed by atoms with E-state index in [1.807, 2.05) is 20.8 Å². The fraction of sp³-hybridized carbons (Fsp3) is 0.409. The van der Waals surface area contributed by atoms with Crippen LogP contribution in [0.3, 0.4) is 0 Å². The highest BCUT2D eigenvalue weighted by Gasteiger charge is 2.22. The molecular formula is C22H27NO2. The van der Waals surface area contributed by atoms with Crippen molar-refractivity contribution in [1.82, 2.24) is 0 Å². The molecule has 0 heterocycles. The van der Waals surface area contributed by atoms with Crippen molar-refractivity contribution in [2.45, 2.75) is 52.1 Å². The van der Waals surface area contributed by atoms with E-state index < -0.39 is 5.60 Å². The van der Waals surface area contributed by atoms with Gasteiger partial charge in [-0.25, -0.2) is 4.79 Å². The molecule has 6 rings (SSSR count). The molecule has 0 saturated heterocycles. The minimum absolute atomic E-state index is 0.304. The van der Waals surface area contributed by atoms with Gasteiger partial charge in [0.1, 0.15) is 5.60 Å². The number of rotatable bonds is 1. The Labute approximate surface area is 150 Å². The molecule has 4 bridgehead atoms. The van der Waals surface area contributed by atoms with Crippen LogP contribution in [0.25, 0.3) is 0 Å². The molecule has 0 radical (unpaired) electrons. The number of amides is 1. The molecule has 2 aromatic rings. The average molecular weight is 337 g/mol. The monoisotopic (exact) mass is 337 g/mol. The van der Waals surface area contributed by atoms with Crippen molar-refractivity contribution in [3.8, 4) is 0 Å². The third-order valence-corrected chi connectivity index (χ3v) is 4.59. The molecule has 3 nitrogen and oxygen atoms in total. The first-order chi connectivity index (χ1) is 11.8. The zero-order valence-corrected chi connectivity index (χ0v) is 15.6. The first kappa shape index (κ1) is 17.5. The lowest BCUT2D eigenvalue weighted by molar-refractivity contribution is 0.0589. The predicted octanol–water partition coefficient (Wildman–Crippen LogP) is 4.94. The minimum atomic E-state index is -0.495. The van der Waals surface area contributed by atoms with E-state index in [0.29, 0.717) is 0 Å².